The minimum absolute atomic E-state index is 0.101. The van der Waals surface area contributed by atoms with Crippen LogP contribution < -0.4 is 0 Å². The van der Waals surface area contributed by atoms with Crippen molar-refractivity contribution in [3.8, 4) is 0 Å². The molecule has 68 valence electrons. The van der Waals surface area contributed by atoms with Crippen molar-refractivity contribution in [1.82, 2.24) is 0 Å². The van der Waals surface area contributed by atoms with Crippen molar-refractivity contribution in [1.29, 1.82) is 0 Å². The van der Waals surface area contributed by atoms with E-state index in [0.717, 1.165) is 26.2 Å². The van der Waals surface area contributed by atoms with Crippen molar-refractivity contribution >= 4 is 0 Å². The van der Waals surface area contributed by atoms with Crippen LogP contribution in [-0.4, -0.2) is 13.2 Å². The van der Waals surface area contributed by atoms with Gasteiger partial charge in [0.15, 0.2) is 0 Å². The molecule has 0 aliphatic carbocycles. The van der Waals surface area contributed by atoms with Gasteiger partial charge in [0, 0.05) is 13.0 Å². The van der Waals surface area contributed by atoms with E-state index in [4.69, 9.17) is 9.47 Å². The highest BCUT2D eigenvalue weighted by Gasteiger charge is 2.43. The number of hydrogen-bond donors (Lipinski definition) is 0. The highest BCUT2D eigenvalue weighted by atomic mass is 16.6. The average molecular weight is 176 g/mol. The maximum absolute atomic E-state index is 5.85. The van der Waals surface area contributed by atoms with Crippen LogP contribution in [0.25, 0.3) is 0 Å². The van der Waals surface area contributed by atoms with Crippen LogP contribution in [0, 0.1) is 0 Å². The summed E-state index contributed by atoms with van der Waals surface area (Å²) in [7, 11) is 0. The van der Waals surface area contributed by atoms with Gasteiger partial charge in [-0.2, -0.15) is 0 Å². The molecule has 1 unspecified atom stereocenters. The number of fused-ring (bicyclic) bond motifs is 2. The minimum Gasteiger partial charge on any atom is -0.378 e. The Morgan fingerprint density at radius 2 is 2.15 bits per heavy atom. The first kappa shape index (κ1) is 7.54. The van der Waals surface area contributed by atoms with Crippen LogP contribution in [0.1, 0.15) is 17.5 Å². The van der Waals surface area contributed by atoms with E-state index in [1.807, 2.05) is 0 Å². The van der Waals surface area contributed by atoms with Gasteiger partial charge in [-0.1, -0.05) is 24.3 Å². The molecule has 2 heterocycles. The Kier molecular flexibility index (Phi) is 1.49. The molecule has 1 saturated heterocycles. The van der Waals surface area contributed by atoms with Crippen LogP contribution in [0.5, 0.6) is 0 Å². The molecule has 0 aromatic heterocycles. The van der Waals surface area contributed by atoms with E-state index in [2.05, 4.69) is 24.3 Å². The van der Waals surface area contributed by atoms with Crippen molar-refractivity contribution in [2.45, 2.75) is 18.6 Å². The number of benzene rings is 1. The van der Waals surface area contributed by atoms with Crippen molar-refractivity contribution < 1.29 is 9.47 Å². The predicted octanol–water partition coefficient (Wildman–Crippen LogP) is 1.83. The number of ether oxygens (including phenoxy) is 2. The van der Waals surface area contributed by atoms with E-state index in [1.165, 1.54) is 11.1 Å². The highest BCUT2D eigenvalue weighted by Crippen LogP contribution is 2.42. The summed E-state index contributed by atoms with van der Waals surface area (Å²) in [6.07, 6.45) is 1.00. The van der Waals surface area contributed by atoms with Crippen molar-refractivity contribution in [2.75, 3.05) is 13.2 Å². The molecular weight excluding hydrogens is 164 g/mol. The molecule has 0 bridgehead atoms. The molecule has 2 nitrogen and oxygen atoms in total. The summed E-state index contributed by atoms with van der Waals surface area (Å²) in [5, 5.41) is 0. The molecule has 13 heavy (non-hydrogen) atoms. The molecule has 1 aromatic rings. The van der Waals surface area contributed by atoms with Crippen LogP contribution in [0.2, 0.25) is 0 Å². The van der Waals surface area contributed by atoms with Gasteiger partial charge >= 0.3 is 0 Å². The number of rotatable bonds is 0. The summed E-state index contributed by atoms with van der Waals surface area (Å²) in [4.78, 5) is 0. The summed E-state index contributed by atoms with van der Waals surface area (Å²) in [5.74, 6) is 0. The first-order valence-electron chi connectivity index (χ1n) is 4.71. The molecule has 1 spiro atoms. The molecule has 2 aliphatic heterocycles. The average Bonchev–Trinajstić information content (AvgIpc) is 2.78. The monoisotopic (exact) mass is 176 g/mol. The molecule has 0 radical (unpaired) electrons. The maximum Gasteiger partial charge on any atom is 0.119 e. The highest BCUT2D eigenvalue weighted by molar-refractivity contribution is 5.36. The maximum atomic E-state index is 5.85. The Balaban J connectivity index is 2.11. The van der Waals surface area contributed by atoms with Gasteiger partial charge in [-0.15, -0.1) is 0 Å². The number of hydrogen-bond acceptors (Lipinski definition) is 2. The lowest BCUT2D eigenvalue weighted by Gasteiger charge is -2.21. The van der Waals surface area contributed by atoms with E-state index in [0.29, 0.717) is 0 Å². The lowest BCUT2D eigenvalue weighted by molar-refractivity contribution is -0.0421. The fourth-order valence-corrected chi connectivity index (χ4v) is 2.26. The zero-order valence-electron chi connectivity index (χ0n) is 7.45. The second kappa shape index (κ2) is 2.56. The first-order chi connectivity index (χ1) is 6.41. The lowest BCUT2D eigenvalue weighted by atomic mass is 9.92. The van der Waals surface area contributed by atoms with E-state index in [-0.39, 0.29) is 5.60 Å². The topological polar surface area (TPSA) is 18.5 Å². The van der Waals surface area contributed by atoms with Crippen LogP contribution in [0.15, 0.2) is 24.3 Å². The van der Waals surface area contributed by atoms with Gasteiger partial charge in [-0.05, 0) is 11.1 Å². The quantitative estimate of drug-likeness (QED) is 0.600. The fraction of sp³-hybridized carbons (Fsp3) is 0.455. The second-order valence-electron chi connectivity index (χ2n) is 3.74. The minimum atomic E-state index is -0.101. The first-order valence-corrected chi connectivity index (χ1v) is 4.71. The standard InChI is InChI=1S/C11H12O2/c1-2-4-10-9(3-1)7-13-11(10)5-6-12-8-11/h1-4H,5-8H2. The van der Waals surface area contributed by atoms with Crippen LogP contribution in [-0.2, 0) is 21.7 Å². The predicted molar refractivity (Wildman–Crippen MR) is 48.3 cm³/mol. The summed E-state index contributed by atoms with van der Waals surface area (Å²) < 4.78 is 11.3. The van der Waals surface area contributed by atoms with E-state index in [1.54, 1.807) is 0 Å². The zero-order chi connectivity index (χ0) is 8.73. The van der Waals surface area contributed by atoms with Gasteiger partial charge in [0.25, 0.3) is 0 Å². The van der Waals surface area contributed by atoms with Gasteiger partial charge in [-0.25, -0.2) is 0 Å². The molecule has 3 rings (SSSR count). The van der Waals surface area contributed by atoms with Crippen molar-refractivity contribution in [3.05, 3.63) is 35.4 Å². The van der Waals surface area contributed by atoms with Gasteiger partial charge in [-0.3, -0.25) is 0 Å². The summed E-state index contributed by atoms with van der Waals surface area (Å²) in [6, 6.07) is 8.45. The van der Waals surface area contributed by atoms with Crippen molar-refractivity contribution in [2.24, 2.45) is 0 Å². The molecule has 1 aromatic carbocycles. The molecular formula is C11H12O2. The van der Waals surface area contributed by atoms with E-state index >= 15 is 0 Å². The van der Waals surface area contributed by atoms with Gasteiger partial charge < -0.3 is 9.47 Å². The Morgan fingerprint density at radius 3 is 3.00 bits per heavy atom. The Hall–Kier alpha value is -0.860. The molecule has 2 heteroatoms. The fourth-order valence-electron chi connectivity index (χ4n) is 2.26. The third-order valence-corrected chi connectivity index (χ3v) is 3.00. The SMILES string of the molecule is c1ccc2c(c1)COC21CCOC1. The van der Waals surface area contributed by atoms with Crippen LogP contribution >= 0.6 is 0 Å². The zero-order valence-corrected chi connectivity index (χ0v) is 7.45. The molecule has 2 aliphatic rings. The van der Waals surface area contributed by atoms with E-state index in [9.17, 15) is 0 Å². The van der Waals surface area contributed by atoms with Gasteiger partial charge in [0.05, 0.1) is 13.2 Å². The Labute approximate surface area is 77.5 Å². The Bertz CT molecular complexity index is 327. The smallest absolute Gasteiger partial charge is 0.119 e. The normalized spacial score (nSPS) is 31.1. The van der Waals surface area contributed by atoms with Crippen LogP contribution in [0.3, 0.4) is 0 Å². The van der Waals surface area contributed by atoms with E-state index < -0.39 is 0 Å². The van der Waals surface area contributed by atoms with Gasteiger partial charge in [0.2, 0.25) is 0 Å². The molecule has 0 saturated carbocycles. The van der Waals surface area contributed by atoms with Gasteiger partial charge in [0.1, 0.15) is 5.60 Å². The molecule has 1 fully saturated rings. The summed E-state index contributed by atoms with van der Waals surface area (Å²) >= 11 is 0. The van der Waals surface area contributed by atoms with Crippen LogP contribution in [0.4, 0.5) is 0 Å². The largest absolute Gasteiger partial charge is 0.378 e. The molecule has 0 N–H and O–H groups in total. The third kappa shape index (κ3) is 0.960. The molecule has 0 amide bonds. The Morgan fingerprint density at radius 1 is 1.23 bits per heavy atom. The lowest BCUT2D eigenvalue weighted by Crippen LogP contribution is -2.24. The second-order valence-corrected chi connectivity index (χ2v) is 3.74. The summed E-state index contributed by atoms with van der Waals surface area (Å²) in [6.45, 7) is 2.30. The van der Waals surface area contributed by atoms with Crippen molar-refractivity contribution in [3.63, 3.8) is 0 Å². The summed E-state index contributed by atoms with van der Waals surface area (Å²) in [5.41, 5.74) is 2.57. The molecule has 1 atom stereocenters. The third-order valence-electron chi connectivity index (χ3n) is 3.00.